The Kier molecular flexibility index (Phi) is 6.72. The molecule has 0 aromatic heterocycles. The molecule has 1 fully saturated rings. The summed E-state index contributed by atoms with van der Waals surface area (Å²) in [6.07, 6.45) is 4.55. The van der Waals surface area contributed by atoms with E-state index in [0.717, 1.165) is 43.2 Å². The number of benzene rings is 1. The van der Waals surface area contributed by atoms with E-state index in [1.54, 1.807) is 7.11 Å². The van der Waals surface area contributed by atoms with Gasteiger partial charge in [0.05, 0.1) is 13.7 Å². The highest BCUT2D eigenvalue weighted by Crippen LogP contribution is 2.29. The first-order chi connectivity index (χ1) is 10.7. The van der Waals surface area contributed by atoms with Gasteiger partial charge in [0.15, 0.2) is 0 Å². The molecule has 1 aromatic rings. The highest BCUT2D eigenvalue weighted by Gasteiger charge is 2.24. The van der Waals surface area contributed by atoms with Crippen LogP contribution in [0.1, 0.15) is 31.7 Å². The molecule has 2 rings (SSSR count). The van der Waals surface area contributed by atoms with E-state index in [1.165, 1.54) is 12.8 Å². The Balaban J connectivity index is 1.72. The van der Waals surface area contributed by atoms with Crippen molar-refractivity contribution in [1.29, 1.82) is 0 Å². The van der Waals surface area contributed by atoms with Crippen molar-refractivity contribution in [2.45, 2.75) is 32.6 Å². The van der Waals surface area contributed by atoms with Crippen molar-refractivity contribution >= 4 is 5.91 Å². The third-order valence-electron chi connectivity index (χ3n) is 4.03. The predicted octanol–water partition coefficient (Wildman–Crippen LogP) is 2.48. The molecule has 0 radical (unpaired) electrons. The summed E-state index contributed by atoms with van der Waals surface area (Å²) in [4.78, 5) is 14.4. The summed E-state index contributed by atoms with van der Waals surface area (Å²) in [6, 6.07) is 7.96. The first-order valence-electron chi connectivity index (χ1n) is 8.34. The van der Waals surface area contributed by atoms with Crippen molar-refractivity contribution < 1.29 is 9.53 Å². The number of hydrogen-bond acceptors (Lipinski definition) is 3. The molecule has 0 unspecified atom stereocenters. The molecule has 0 heterocycles. The lowest BCUT2D eigenvalue weighted by Crippen LogP contribution is -2.39. The molecule has 4 nitrogen and oxygen atoms in total. The molecule has 0 spiro atoms. The minimum atomic E-state index is 0.129. The van der Waals surface area contributed by atoms with Crippen molar-refractivity contribution in [3.05, 3.63) is 29.8 Å². The minimum absolute atomic E-state index is 0.129. The first kappa shape index (κ1) is 16.8. The summed E-state index contributed by atoms with van der Waals surface area (Å²) < 4.78 is 5.33. The second-order valence-corrected chi connectivity index (χ2v) is 6.09. The van der Waals surface area contributed by atoms with Gasteiger partial charge in [-0.3, -0.25) is 9.69 Å². The molecule has 1 aliphatic carbocycles. The molecule has 0 atom stereocenters. The van der Waals surface area contributed by atoms with Gasteiger partial charge >= 0.3 is 0 Å². The van der Waals surface area contributed by atoms with E-state index >= 15 is 0 Å². The van der Waals surface area contributed by atoms with Crippen LogP contribution in [-0.4, -0.2) is 44.1 Å². The van der Waals surface area contributed by atoms with Gasteiger partial charge in [-0.05, 0) is 49.8 Å². The van der Waals surface area contributed by atoms with Gasteiger partial charge in [-0.2, -0.15) is 0 Å². The van der Waals surface area contributed by atoms with Crippen LogP contribution >= 0.6 is 0 Å². The molecular weight excluding hydrogens is 276 g/mol. The second kappa shape index (κ2) is 8.79. The van der Waals surface area contributed by atoms with Crippen LogP contribution in [0.25, 0.3) is 0 Å². The summed E-state index contributed by atoms with van der Waals surface area (Å²) in [7, 11) is 1.68. The molecule has 0 bridgehead atoms. The van der Waals surface area contributed by atoms with Crippen LogP contribution in [0.5, 0.6) is 5.75 Å². The topological polar surface area (TPSA) is 41.6 Å². The van der Waals surface area contributed by atoms with Gasteiger partial charge in [-0.25, -0.2) is 0 Å². The number of carbonyl (C=O) groups is 1. The smallest absolute Gasteiger partial charge is 0.234 e. The summed E-state index contributed by atoms with van der Waals surface area (Å²) >= 11 is 0. The fraction of sp³-hybridized carbons (Fsp3) is 0.611. The maximum atomic E-state index is 12.1. The van der Waals surface area contributed by atoms with E-state index in [-0.39, 0.29) is 5.91 Å². The van der Waals surface area contributed by atoms with E-state index in [0.29, 0.717) is 13.1 Å². The molecule has 1 N–H and O–H groups in total. The number of methoxy groups -OCH3 is 1. The fourth-order valence-corrected chi connectivity index (χ4v) is 2.72. The SMILES string of the molecule is CCCN(CC(=O)NCCc1ccccc1OC)CC1CC1. The van der Waals surface area contributed by atoms with Crippen molar-refractivity contribution in [2.75, 3.05) is 33.3 Å². The summed E-state index contributed by atoms with van der Waals surface area (Å²) in [5.74, 6) is 1.84. The third-order valence-corrected chi connectivity index (χ3v) is 4.03. The van der Waals surface area contributed by atoms with Crippen molar-refractivity contribution in [3.8, 4) is 5.75 Å². The van der Waals surface area contributed by atoms with Gasteiger partial charge < -0.3 is 10.1 Å². The van der Waals surface area contributed by atoms with Gasteiger partial charge in [0.2, 0.25) is 5.91 Å². The van der Waals surface area contributed by atoms with Crippen LogP contribution in [0.4, 0.5) is 0 Å². The quantitative estimate of drug-likeness (QED) is 0.722. The van der Waals surface area contributed by atoms with Gasteiger partial charge in [0.1, 0.15) is 5.75 Å². The van der Waals surface area contributed by atoms with Gasteiger partial charge in [0.25, 0.3) is 0 Å². The number of ether oxygens (including phenoxy) is 1. The number of hydrogen-bond donors (Lipinski definition) is 1. The molecule has 4 heteroatoms. The Morgan fingerprint density at radius 3 is 2.82 bits per heavy atom. The van der Waals surface area contributed by atoms with E-state index in [2.05, 4.69) is 17.1 Å². The van der Waals surface area contributed by atoms with Crippen LogP contribution in [0, 0.1) is 5.92 Å². The summed E-state index contributed by atoms with van der Waals surface area (Å²) in [5.41, 5.74) is 1.13. The lowest BCUT2D eigenvalue weighted by atomic mass is 10.1. The lowest BCUT2D eigenvalue weighted by Gasteiger charge is -2.20. The zero-order valence-corrected chi connectivity index (χ0v) is 13.8. The minimum Gasteiger partial charge on any atom is -0.496 e. The molecule has 0 saturated heterocycles. The number of para-hydroxylation sites is 1. The standard InChI is InChI=1S/C18H28N2O2/c1-3-12-20(13-15-8-9-15)14-18(21)19-11-10-16-6-4-5-7-17(16)22-2/h4-7,15H,3,8-14H2,1-2H3,(H,19,21). The molecule has 1 aromatic carbocycles. The highest BCUT2D eigenvalue weighted by atomic mass is 16.5. The average molecular weight is 304 g/mol. The monoisotopic (exact) mass is 304 g/mol. The van der Waals surface area contributed by atoms with Crippen molar-refractivity contribution in [2.24, 2.45) is 5.92 Å². The molecule has 1 aliphatic rings. The lowest BCUT2D eigenvalue weighted by molar-refractivity contribution is -0.122. The Labute approximate surface area is 133 Å². The van der Waals surface area contributed by atoms with Crippen LogP contribution in [0.15, 0.2) is 24.3 Å². The molecule has 22 heavy (non-hydrogen) atoms. The van der Waals surface area contributed by atoms with Crippen LogP contribution in [-0.2, 0) is 11.2 Å². The fourth-order valence-electron chi connectivity index (χ4n) is 2.72. The van der Waals surface area contributed by atoms with Crippen LogP contribution in [0.2, 0.25) is 0 Å². The van der Waals surface area contributed by atoms with Crippen LogP contribution in [0.3, 0.4) is 0 Å². The highest BCUT2D eigenvalue weighted by molar-refractivity contribution is 5.78. The normalized spacial score (nSPS) is 14.1. The molecule has 1 saturated carbocycles. The number of nitrogens with zero attached hydrogens (tertiary/aromatic N) is 1. The molecular formula is C18H28N2O2. The Bertz CT molecular complexity index is 472. The Morgan fingerprint density at radius 1 is 1.36 bits per heavy atom. The van der Waals surface area contributed by atoms with Gasteiger partial charge in [0, 0.05) is 13.1 Å². The van der Waals surface area contributed by atoms with E-state index in [9.17, 15) is 4.79 Å². The molecule has 1 amide bonds. The van der Waals surface area contributed by atoms with E-state index in [1.807, 2.05) is 24.3 Å². The number of rotatable bonds is 10. The number of carbonyl (C=O) groups excluding carboxylic acids is 1. The van der Waals surface area contributed by atoms with Gasteiger partial charge in [-0.15, -0.1) is 0 Å². The second-order valence-electron chi connectivity index (χ2n) is 6.09. The zero-order valence-electron chi connectivity index (χ0n) is 13.8. The van der Waals surface area contributed by atoms with Gasteiger partial charge in [-0.1, -0.05) is 25.1 Å². The zero-order chi connectivity index (χ0) is 15.8. The van der Waals surface area contributed by atoms with Crippen LogP contribution < -0.4 is 10.1 Å². The molecule has 0 aliphatic heterocycles. The molecule has 122 valence electrons. The maximum Gasteiger partial charge on any atom is 0.234 e. The van der Waals surface area contributed by atoms with Crippen molar-refractivity contribution in [1.82, 2.24) is 10.2 Å². The largest absolute Gasteiger partial charge is 0.496 e. The van der Waals surface area contributed by atoms with Crippen molar-refractivity contribution in [3.63, 3.8) is 0 Å². The summed E-state index contributed by atoms with van der Waals surface area (Å²) in [6.45, 7) is 5.43. The number of amides is 1. The third kappa shape index (κ3) is 5.68. The number of nitrogens with one attached hydrogen (secondary N) is 1. The Hall–Kier alpha value is -1.55. The average Bonchev–Trinajstić information content (AvgIpc) is 3.32. The predicted molar refractivity (Wildman–Crippen MR) is 89.2 cm³/mol. The summed E-state index contributed by atoms with van der Waals surface area (Å²) in [5, 5.41) is 3.03. The van der Waals surface area contributed by atoms with E-state index in [4.69, 9.17) is 4.74 Å². The maximum absolute atomic E-state index is 12.1. The van der Waals surface area contributed by atoms with E-state index < -0.39 is 0 Å². The Morgan fingerprint density at radius 2 is 2.14 bits per heavy atom. The first-order valence-corrected chi connectivity index (χ1v) is 8.34.